The van der Waals surface area contributed by atoms with Crippen molar-refractivity contribution >= 4 is 11.6 Å². The lowest BCUT2D eigenvalue weighted by Crippen LogP contribution is -2.39. The van der Waals surface area contributed by atoms with Gasteiger partial charge in [0.25, 0.3) is 5.91 Å². The second kappa shape index (κ2) is 6.68. The van der Waals surface area contributed by atoms with Gasteiger partial charge in [0, 0.05) is 0 Å². The van der Waals surface area contributed by atoms with E-state index in [2.05, 4.69) is 10.3 Å². The van der Waals surface area contributed by atoms with Gasteiger partial charge in [-0.1, -0.05) is 30.3 Å². The first-order valence-electron chi connectivity index (χ1n) is 6.36. The van der Waals surface area contributed by atoms with Gasteiger partial charge in [0.2, 0.25) is 0 Å². The average Bonchev–Trinajstić information content (AvgIpc) is 2.48. The average molecular weight is 271 g/mol. The zero-order chi connectivity index (χ0) is 14.4. The quantitative estimate of drug-likeness (QED) is 0.757. The highest BCUT2D eigenvalue weighted by Crippen LogP contribution is 2.05. The van der Waals surface area contributed by atoms with Gasteiger partial charge in [-0.25, -0.2) is 4.98 Å². The summed E-state index contributed by atoms with van der Waals surface area (Å²) in [7, 11) is 0. The van der Waals surface area contributed by atoms with Crippen LogP contribution in [0, 0.1) is 0 Å². The molecule has 2 aromatic rings. The summed E-state index contributed by atoms with van der Waals surface area (Å²) < 4.78 is 0. The lowest BCUT2D eigenvalue weighted by molar-refractivity contribution is 0.0911. The minimum absolute atomic E-state index is 0.129. The van der Waals surface area contributed by atoms with Gasteiger partial charge in [-0.3, -0.25) is 4.79 Å². The summed E-state index contributed by atoms with van der Waals surface area (Å²) >= 11 is 0. The van der Waals surface area contributed by atoms with Gasteiger partial charge >= 0.3 is 0 Å². The summed E-state index contributed by atoms with van der Waals surface area (Å²) in [5.41, 5.74) is 7.36. The van der Waals surface area contributed by atoms with Crippen molar-refractivity contribution in [1.82, 2.24) is 10.3 Å². The number of amides is 1. The lowest BCUT2D eigenvalue weighted by Gasteiger charge is -2.16. The second-order valence-corrected chi connectivity index (χ2v) is 4.52. The maximum Gasteiger partial charge on any atom is 0.270 e. The molecule has 1 atom stereocenters. The fourth-order valence-electron chi connectivity index (χ4n) is 1.86. The van der Waals surface area contributed by atoms with Crippen LogP contribution in [0.15, 0.2) is 48.7 Å². The van der Waals surface area contributed by atoms with Gasteiger partial charge in [0.15, 0.2) is 0 Å². The van der Waals surface area contributed by atoms with E-state index in [-0.39, 0.29) is 24.2 Å². The number of hydrogen-bond acceptors (Lipinski definition) is 4. The molecule has 1 amide bonds. The Morgan fingerprint density at radius 3 is 2.60 bits per heavy atom. The van der Waals surface area contributed by atoms with Crippen molar-refractivity contribution < 1.29 is 9.90 Å². The minimum atomic E-state index is -0.343. The second-order valence-electron chi connectivity index (χ2n) is 4.52. The molecular weight excluding hydrogens is 254 g/mol. The molecule has 4 N–H and O–H groups in total. The Bertz CT molecular complexity index is 555. The Hall–Kier alpha value is -2.40. The van der Waals surface area contributed by atoms with E-state index in [1.165, 1.54) is 6.20 Å². The first-order chi connectivity index (χ1) is 9.69. The van der Waals surface area contributed by atoms with Crippen LogP contribution >= 0.6 is 0 Å². The number of nitrogens with zero attached hydrogens (tertiary/aromatic N) is 1. The van der Waals surface area contributed by atoms with Gasteiger partial charge in [-0.2, -0.15) is 0 Å². The van der Waals surface area contributed by atoms with Crippen LogP contribution in [0.4, 0.5) is 5.69 Å². The minimum Gasteiger partial charge on any atom is -0.397 e. The number of aromatic nitrogens is 1. The molecule has 0 unspecified atom stereocenters. The third kappa shape index (κ3) is 3.80. The molecule has 1 heterocycles. The molecule has 20 heavy (non-hydrogen) atoms. The maximum atomic E-state index is 12.0. The van der Waals surface area contributed by atoms with Gasteiger partial charge < -0.3 is 16.2 Å². The predicted molar refractivity (Wildman–Crippen MR) is 77.1 cm³/mol. The molecule has 0 saturated heterocycles. The topological polar surface area (TPSA) is 88.2 Å². The molecule has 5 nitrogen and oxygen atoms in total. The van der Waals surface area contributed by atoms with Crippen molar-refractivity contribution in [2.24, 2.45) is 0 Å². The van der Waals surface area contributed by atoms with E-state index < -0.39 is 0 Å². The number of aliphatic hydroxyl groups excluding tert-OH is 1. The van der Waals surface area contributed by atoms with E-state index in [0.29, 0.717) is 12.1 Å². The number of nitrogens with one attached hydrogen (secondary N) is 1. The summed E-state index contributed by atoms with van der Waals surface area (Å²) in [5, 5.41) is 12.1. The van der Waals surface area contributed by atoms with Gasteiger partial charge in [0.05, 0.1) is 24.5 Å². The molecule has 0 saturated carbocycles. The normalized spacial score (nSPS) is 11.8. The summed E-state index contributed by atoms with van der Waals surface area (Å²) in [6, 6.07) is 12.5. The molecule has 0 aliphatic carbocycles. The number of rotatable bonds is 5. The van der Waals surface area contributed by atoms with Crippen LogP contribution in [0.5, 0.6) is 0 Å². The molecule has 0 aliphatic rings. The summed E-state index contributed by atoms with van der Waals surface area (Å²) in [4.78, 5) is 15.9. The smallest absolute Gasteiger partial charge is 0.270 e. The molecule has 104 valence electrons. The monoisotopic (exact) mass is 271 g/mol. The van der Waals surface area contributed by atoms with Crippen molar-refractivity contribution in [3.05, 3.63) is 59.9 Å². The molecule has 2 rings (SSSR count). The van der Waals surface area contributed by atoms with Crippen LogP contribution in [0.25, 0.3) is 0 Å². The van der Waals surface area contributed by atoms with E-state index in [1.807, 2.05) is 30.3 Å². The predicted octanol–water partition coefficient (Wildman–Crippen LogP) is 0.997. The van der Waals surface area contributed by atoms with Crippen molar-refractivity contribution in [1.29, 1.82) is 0 Å². The van der Waals surface area contributed by atoms with Gasteiger partial charge in [0.1, 0.15) is 5.69 Å². The van der Waals surface area contributed by atoms with Crippen molar-refractivity contribution in [2.75, 3.05) is 12.3 Å². The SMILES string of the molecule is Nc1ccc(C(=O)N[C@H](CO)Cc2ccccc2)nc1. The molecule has 0 fully saturated rings. The van der Waals surface area contributed by atoms with E-state index in [4.69, 9.17) is 5.73 Å². The van der Waals surface area contributed by atoms with Gasteiger partial charge in [-0.15, -0.1) is 0 Å². The van der Waals surface area contributed by atoms with Crippen LogP contribution in [0.2, 0.25) is 0 Å². The van der Waals surface area contributed by atoms with Crippen LogP contribution in [0.3, 0.4) is 0 Å². The Labute approximate surface area is 117 Å². The zero-order valence-electron chi connectivity index (χ0n) is 11.0. The number of pyridine rings is 1. The molecule has 0 radical (unpaired) electrons. The summed E-state index contributed by atoms with van der Waals surface area (Å²) in [6.45, 7) is -0.129. The highest BCUT2D eigenvalue weighted by atomic mass is 16.3. The van der Waals surface area contributed by atoms with Crippen LogP contribution in [-0.4, -0.2) is 28.6 Å². The third-order valence-electron chi connectivity index (χ3n) is 2.90. The number of nitrogen functional groups attached to an aromatic ring is 1. The molecule has 0 aliphatic heterocycles. The highest BCUT2D eigenvalue weighted by Gasteiger charge is 2.14. The number of hydrogen-bond donors (Lipinski definition) is 3. The molecule has 1 aromatic heterocycles. The first kappa shape index (κ1) is 14.0. The molecule has 1 aromatic carbocycles. The number of aliphatic hydroxyl groups is 1. The number of carbonyl (C=O) groups excluding carboxylic acids is 1. The maximum absolute atomic E-state index is 12.0. The Balaban J connectivity index is 1.99. The molecule has 5 heteroatoms. The lowest BCUT2D eigenvalue weighted by atomic mass is 10.1. The Morgan fingerprint density at radius 1 is 1.25 bits per heavy atom. The van der Waals surface area contributed by atoms with Crippen molar-refractivity contribution in [3.63, 3.8) is 0 Å². The zero-order valence-corrected chi connectivity index (χ0v) is 11.0. The van der Waals surface area contributed by atoms with Crippen LogP contribution in [-0.2, 0) is 6.42 Å². The standard InChI is InChI=1S/C15H17N3O2/c16-12-6-7-14(17-9-12)15(20)18-13(10-19)8-11-4-2-1-3-5-11/h1-7,9,13,19H,8,10,16H2,(H,18,20)/t13-/m0/s1. The fraction of sp³-hybridized carbons (Fsp3) is 0.200. The first-order valence-corrected chi connectivity index (χ1v) is 6.36. The highest BCUT2D eigenvalue weighted by molar-refractivity contribution is 5.92. The van der Waals surface area contributed by atoms with Crippen LogP contribution in [0.1, 0.15) is 16.1 Å². The Morgan fingerprint density at radius 2 is 2.00 bits per heavy atom. The fourth-order valence-corrected chi connectivity index (χ4v) is 1.86. The van der Waals surface area contributed by atoms with E-state index in [1.54, 1.807) is 12.1 Å². The number of nitrogens with two attached hydrogens (primary N) is 1. The number of anilines is 1. The van der Waals surface area contributed by atoms with Crippen LogP contribution < -0.4 is 11.1 Å². The number of carbonyl (C=O) groups is 1. The molecular formula is C15H17N3O2. The van der Waals surface area contributed by atoms with E-state index in [9.17, 15) is 9.90 Å². The summed E-state index contributed by atoms with van der Waals surface area (Å²) in [5.74, 6) is -0.319. The largest absolute Gasteiger partial charge is 0.397 e. The summed E-state index contributed by atoms with van der Waals surface area (Å²) in [6.07, 6.45) is 2.00. The Kier molecular flexibility index (Phi) is 4.68. The van der Waals surface area contributed by atoms with Gasteiger partial charge in [-0.05, 0) is 24.1 Å². The number of benzene rings is 1. The van der Waals surface area contributed by atoms with Crippen molar-refractivity contribution in [3.8, 4) is 0 Å². The van der Waals surface area contributed by atoms with Crippen molar-refractivity contribution in [2.45, 2.75) is 12.5 Å². The molecule has 0 bridgehead atoms. The molecule has 0 spiro atoms. The van der Waals surface area contributed by atoms with E-state index >= 15 is 0 Å². The third-order valence-corrected chi connectivity index (χ3v) is 2.90. The van der Waals surface area contributed by atoms with E-state index in [0.717, 1.165) is 5.56 Å².